The van der Waals surface area contributed by atoms with Gasteiger partial charge in [-0.05, 0) is 18.3 Å². The molecule has 0 aliphatic heterocycles. The van der Waals surface area contributed by atoms with Crippen LogP contribution in [0.25, 0.3) is 0 Å². The van der Waals surface area contributed by atoms with Crippen LogP contribution in [0.3, 0.4) is 0 Å². The van der Waals surface area contributed by atoms with Crippen LogP contribution < -0.4 is 0 Å². The van der Waals surface area contributed by atoms with Crippen LogP contribution in [0.4, 0.5) is 17.6 Å². The van der Waals surface area contributed by atoms with Crippen molar-refractivity contribution in [2.24, 2.45) is 23.7 Å². The van der Waals surface area contributed by atoms with Crippen LogP contribution in [-0.2, 0) is 0 Å². The van der Waals surface area contributed by atoms with Crippen molar-refractivity contribution in [1.29, 1.82) is 0 Å². The van der Waals surface area contributed by atoms with Gasteiger partial charge in [-0.1, -0.05) is 12.2 Å². The summed E-state index contributed by atoms with van der Waals surface area (Å²) in [5.41, 5.74) is 0. The van der Waals surface area contributed by atoms with E-state index in [0.29, 0.717) is 6.42 Å². The SMILES string of the molecule is FC1(F)[C@@H]2[C@H]([C@H]3C=C[C@H]2C3)C1(F)F. The van der Waals surface area contributed by atoms with E-state index in [2.05, 4.69) is 0 Å². The van der Waals surface area contributed by atoms with Gasteiger partial charge in [0.2, 0.25) is 0 Å². The zero-order chi connectivity index (χ0) is 9.43. The molecule has 0 nitrogen and oxygen atoms in total. The fourth-order valence-corrected chi connectivity index (χ4v) is 3.16. The maximum Gasteiger partial charge on any atom is 0.314 e. The molecule has 0 heterocycles. The lowest BCUT2D eigenvalue weighted by atomic mass is 9.61. The molecule has 0 saturated heterocycles. The first-order valence-electron chi connectivity index (χ1n) is 4.40. The van der Waals surface area contributed by atoms with Gasteiger partial charge in [-0.3, -0.25) is 0 Å². The van der Waals surface area contributed by atoms with E-state index in [9.17, 15) is 17.6 Å². The summed E-state index contributed by atoms with van der Waals surface area (Å²) in [6.07, 6.45) is 3.85. The van der Waals surface area contributed by atoms with Crippen LogP contribution in [0.5, 0.6) is 0 Å². The zero-order valence-corrected chi connectivity index (χ0v) is 6.68. The number of fused-ring (bicyclic) bond motifs is 5. The first-order chi connectivity index (χ1) is 5.96. The molecule has 0 aromatic carbocycles. The van der Waals surface area contributed by atoms with E-state index in [1.54, 1.807) is 12.2 Å². The van der Waals surface area contributed by atoms with Crippen LogP contribution in [0.15, 0.2) is 12.2 Å². The van der Waals surface area contributed by atoms with Gasteiger partial charge in [0.1, 0.15) is 0 Å². The second kappa shape index (κ2) is 1.79. The fraction of sp³-hybridized carbons (Fsp3) is 0.778. The predicted molar refractivity (Wildman–Crippen MR) is 37.6 cm³/mol. The summed E-state index contributed by atoms with van der Waals surface area (Å²) in [5, 5.41) is 0. The molecule has 3 aliphatic rings. The molecule has 0 aromatic heterocycles. The Morgan fingerprint density at radius 3 is 1.62 bits per heavy atom. The molecule has 2 fully saturated rings. The quantitative estimate of drug-likeness (QED) is 0.409. The number of allylic oxidation sites excluding steroid dienone is 2. The van der Waals surface area contributed by atoms with E-state index >= 15 is 0 Å². The molecule has 4 atom stereocenters. The molecule has 4 heteroatoms. The Kier molecular flexibility index (Phi) is 1.08. The van der Waals surface area contributed by atoms with Crippen molar-refractivity contribution in [2.75, 3.05) is 0 Å². The highest BCUT2D eigenvalue weighted by atomic mass is 19.3. The third-order valence-electron chi connectivity index (χ3n) is 3.74. The van der Waals surface area contributed by atoms with E-state index in [1.165, 1.54) is 0 Å². The third kappa shape index (κ3) is 0.597. The van der Waals surface area contributed by atoms with Crippen LogP contribution in [0, 0.1) is 23.7 Å². The zero-order valence-electron chi connectivity index (χ0n) is 6.68. The second-order valence-electron chi connectivity index (χ2n) is 4.25. The normalized spacial score (nSPS) is 53.2. The van der Waals surface area contributed by atoms with Crippen molar-refractivity contribution in [2.45, 2.75) is 18.3 Å². The average molecular weight is 192 g/mol. The van der Waals surface area contributed by atoms with Crippen molar-refractivity contribution in [3.8, 4) is 0 Å². The van der Waals surface area contributed by atoms with Gasteiger partial charge in [-0.2, -0.15) is 17.6 Å². The first kappa shape index (κ1) is 7.83. The van der Waals surface area contributed by atoms with Crippen molar-refractivity contribution >= 4 is 0 Å². The Labute approximate surface area is 72.6 Å². The lowest BCUT2D eigenvalue weighted by molar-refractivity contribution is -0.355. The molecule has 0 spiro atoms. The van der Waals surface area contributed by atoms with Gasteiger partial charge in [0.05, 0.1) is 0 Å². The number of hydrogen-bond donors (Lipinski definition) is 0. The average Bonchev–Trinajstić information content (AvgIpc) is 2.60. The highest BCUT2D eigenvalue weighted by Crippen LogP contribution is 2.71. The van der Waals surface area contributed by atoms with Gasteiger partial charge in [0.15, 0.2) is 0 Å². The van der Waals surface area contributed by atoms with Crippen molar-refractivity contribution in [1.82, 2.24) is 0 Å². The summed E-state index contributed by atoms with van der Waals surface area (Å²) in [6.45, 7) is 0. The van der Waals surface area contributed by atoms with Crippen LogP contribution in [0.1, 0.15) is 6.42 Å². The molecule has 3 rings (SSSR count). The van der Waals surface area contributed by atoms with E-state index in [4.69, 9.17) is 0 Å². The summed E-state index contributed by atoms with van der Waals surface area (Å²) >= 11 is 0. The monoisotopic (exact) mass is 192 g/mol. The van der Waals surface area contributed by atoms with Crippen LogP contribution in [-0.4, -0.2) is 11.8 Å². The van der Waals surface area contributed by atoms with Gasteiger partial charge in [-0.25, -0.2) is 0 Å². The van der Waals surface area contributed by atoms with E-state index in [0.717, 1.165) is 0 Å². The Morgan fingerprint density at radius 2 is 1.23 bits per heavy atom. The summed E-state index contributed by atoms with van der Waals surface area (Å²) in [5.74, 6) is -10.3. The van der Waals surface area contributed by atoms with E-state index < -0.39 is 23.7 Å². The minimum absolute atomic E-state index is 0.301. The van der Waals surface area contributed by atoms with Gasteiger partial charge in [-0.15, -0.1) is 0 Å². The summed E-state index contributed by atoms with van der Waals surface area (Å²) in [7, 11) is 0. The Bertz CT molecular complexity index is 266. The summed E-state index contributed by atoms with van der Waals surface area (Å²) < 4.78 is 51.8. The lowest BCUT2D eigenvalue weighted by Gasteiger charge is -2.51. The van der Waals surface area contributed by atoms with Crippen molar-refractivity contribution in [3.63, 3.8) is 0 Å². The Hall–Kier alpha value is -0.540. The molecular formula is C9H8F4. The van der Waals surface area contributed by atoms with E-state index in [-0.39, 0.29) is 11.8 Å². The van der Waals surface area contributed by atoms with Gasteiger partial charge in [0.25, 0.3) is 0 Å². The third-order valence-corrected chi connectivity index (χ3v) is 3.74. The standard InChI is InChI=1S/C9H8F4/c10-8(11)6-4-1-2-5(3-4)7(6)9(8,12)13/h1-2,4-7H,3H2/t4-,5-,6-,7-/m0/s1. The summed E-state index contributed by atoms with van der Waals surface area (Å²) in [6, 6.07) is 0. The maximum atomic E-state index is 12.9. The van der Waals surface area contributed by atoms with E-state index in [1.807, 2.05) is 0 Å². The molecule has 3 aliphatic carbocycles. The molecule has 2 bridgehead atoms. The minimum atomic E-state index is -3.76. The number of hydrogen-bond acceptors (Lipinski definition) is 0. The lowest BCUT2D eigenvalue weighted by Crippen LogP contribution is -2.67. The van der Waals surface area contributed by atoms with Crippen LogP contribution in [0.2, 0.25) is 0 Å². The predicted octanol–water partition coefficient (Wildman–Crippen LogP) is 2.71. The number of halogens is 4. The Morgan fingerprint density at radius 1 is 0.846 bits per heavy atom. The fourth-order valence-electron chi connectivity index (χ4n) is 3.16. The molecule has 0 amide bonds. The molecule has 0 N–H and O–H groups in total. The molecule has 0 radical (unpaired) electrons. The highest BCUT2D eigenvalue weighted by molar-refractivity contribution is 5.27. The van der Waals surface area contributed by atoms with Gasteiger partial charge >= 0.3 is 11.8 Å². The molecule has 72 valence electrons. The number of rotatable bonds is 0. The second-order valence-corrected chi connectivity index (χ2v) is 4.25. The van der Waals surface area contributed by atoms with Crippen LogP contribution >= 0.6 is 0 Å². The largest absolute Gasteiger partial charge is 0.314 e. The summed E-state index contributed by atoms with van der Waals surface area (Å²) in [4.78, 5) is 0. The molecular weight excluding hydrogens is 184 g/mol. The molecule has 0 unspecified atom stereocenters. The minimum Gasteiger partial charge on any atom is -0.200 e. The number of alkyl halides is 4. The molecule has 0 aromatic rings. The van der Waals surface area contributed by atoms with Gasteiger partial charge in [0, 0.05) is 11.8 Å². The van der Waals surface area contributed by atoms with Crippen molar-refractivity contribution < 1.29 is 17.6 Å². The van der Waals surface area contributed by atoms with Gasteiger partial charge < -0.3 is 0 Å². The molecule has 2 saturated carbocycles. The highest BCUT2D eigenvalue weighted by Gasteiger charge is 2.83. The smallest absolute Gasteiger partial charge is 0.200 e. The van der Waals surface area contributed by atoms with Crippen molar-refractivity contribution in [3.05, 3.63) is 12.2 Å². The molecule has 13 heavy (non-hydrogen) atoms. The Balaban J connectivity index is 2.04. The topological polar surface area (TPSA) is 0 Å². The maximum absolute atomic E-state index is 12.9. The first-order valence-corrected chi connectivity index (χ1v) is 4.40.